The number of hydrogen-bond donors (Lipinski definition) is 1. The van der Waals surface area contributed by atoms with E-state index in [1.807, 2.05) is 6.92 Å². The minimum Gasteiger partial charge on any atom is -0.327 e. The fraction of sp³-hybridized carbons (Fsp3) is 0.235. The Balaban J connectivity index is 1.85. The van der Waals surface area contributed by atoms with Gasteiger partial charge in [-0.2, -0.15) is 13.2 Å². The Morgan fingerprint density at radius 1 is 1.19 bits per heavy atom. The molecule has 138 valence electrons. The zero-order valence-corrected chi connectivity index (χ0v) is 15.4. The first-order valence-electron chi connectivity index (χ1n) is 7.82. The highest BCUT2D eigenvalue weighted by molar-refractivity contribution is 7.83. The fourth-order valence-electron chi connectivity index (χ4n) is 2.65. The van der Waals surface area contributed by atoms with Crippen molar-refractivity contribution < 1.29 is 17.4 Å². The zero-order chi connectivity index (χ0) is 18.9. The Morgan fingerprint density at radius 2 is 1.88 bits per heavy atom. The van der Waals surface area contributed by atoms with E-state index in [2.05, 4.69) is 9.71 Å². The highest BCUT2D eigenvalue weighted by Crippen LogP contribution is 2.31. The number of hydrogen-bond acceptors (Lipinski definition) is 2. The van der Waals surface area contributed by atoms with Crippen molar-refractivity contribution in [1.82, 2.24) is 14.3 Å². The normalized spacial score (nSPS) is 13.3. The molecule has 3 aromatic rings. The van der Waals surface area contributed by atoms with Crippen molar-refractivity contribution in [2.45, 2.75) is 31.1 Å². The second-order valence-corrected chi connectivity index (χ2v) is 7.44. The lowest BCUT2D eigenvalue weighted by atomic mass is 10.2. The molecule has 0 fully saturated rings. The lowest BCUT2D eigenvalue weighted by molar-refractivity contribution is -0.137. The number of benzene rings is 2. The van der Waals surface area contributed by atoms with Crippen LogP contribution in [0.2, 0.25) is 5.02 Å². The number of alkyl halides is 3. The van der Waals surface area contributed by atoms with Crippen LogP contribution < -0.4 is 4.72 Å². The van der Waals surface area contributed by atoms with Gasteiger partial charge in [0, 0.05) is 11.6 Å². The summed E-state index contributed by atoms with van der Waals surface area (Å²) in [7, 11) is -1.88. The largest absolute Gasteiger partial charge is 0.416 e. The maximum Gasteiger partial charge on any atom is 0.416 e. The standard InChI is InChI=1S/C17H15ClF3N3OS/c1-2-24-15-9-11(17(19,20)21)3-8-14(15)23-16(24)10-22-26(25)13-6-4-12(18)5-7-13/h3-9H,2,10H2,1H3,(H,22,25)/p+1. The lowest BCUT2D eigenvalue weighted by Crippen LogP contribution is -2.19. The highest BCUT2D eigenvalue weighted by atomic mass is 35.5. The van der Waals surface area contributed by atoms with E-state index < -0.39 is 22.7 Å². The number of nitrogens with one attached hydrogen (secondary N) is 1. The van der Waals surface area contributed by atoms with E-state index in [0.717, 1.165) is 12.1 Å². The van der Waals surface area contributed by atoms with Gasteiger partial charge in [-0.3, -0.25) is 0 Å². The van der Waals surface area contributed by atoms with Gasteiger partial charge in [0.05, 0.1) is 23.1 Å². The van der Waals surface area contributed by atoms with Crippen LogP contribution in [0.1, 0.15) is 18.3 Å². The van der Waals surface area contributed by atoms with Crippen molar-refractivity contribution >= 4 is 33.6 Å². The number of fused-ring (bicyclic) bond motifs is 1. The van der Waals surface area contributed by atoms with Crippen LogP contribution in [0, 0.1) is 0 Å². The van der Waals surface area contributed by atoms with E-state index in [9.17, 15) is 17.4 Å². The number of thiol groups is 1. The quantitative estimate of drug-likeness (QED) is 0.505. The van der Waals surface area contributed by atoms with E-state index in [1.165, 1.54) is 6.07 Å². The molecule has 0 saturated carbocycles. The second-order valence-electron chi connectivity index (χ2n) is 5.58. The van der Waals surface area contributed by atoms with Crippen LogP contribution in [-0.2, 0) is 34.5 Å². The first-order valence-corrected chi connectivity index (χ1v) is 9.46. The van der Waals surface area contributed by atoms with E-state index in [0.29, 0.717) is 33.3 Å². The molecule has 0 amide bonds. The van der Waals surface area contributed by atoms with Crippen LogP contribution in [0.4, 0.5) is 13.2 Å². The molecule has 0 bridgehead atoms. The monoisotopic (exact) mass is 402 g/mol. The van der Waals surface area contributed by atoms with Gasteiger partial charge in [0.2, 0.25) is 0 Å². The van der Waals surface area contributed by atoms with Crippen LogP contribution in [0.15, 0.2) is 47.4 Å². The number of aromatic nitrogens is 2. The summed E-state index contributed by atoms with van der Waals surface area (Å²) in [6.07, 6.45) is -4.41. The summed E-state index contributed by atoms with van der Waals surface area (Å²) in [5.74, 6) is 0.527. The Kier molecular flexibility index (Phi) is 5.36. The third-order valence-corrected chi connectivity index (χ3v) is 5.38. The minimum atomic E-state index is -4.41. The summed E-state index contributed by atoms with van der Waals surface area (Å²) in [5.41, 5.74) is 0.158. The van der Waals surface area contributed by atoms with E-state index >= 15 is 0 Å². The molecular formula is C17H16ClF3N3OS+. The first kappa shape index (κ1) is 18.9. The molecule has 0 saturated heterocycles. The van der Waals surface area contributed by atoms with Crippen molar-refractivity contribution in [3.63, 3.8) is 0 Å². The number of halogens is 4. The van der Waals surface area contributed by atoms with Crippen molar-refractivity contribution in [3.05, 3.63) is 58.9 Å². The topological polar surface area (TPSA) is 46.9 Å². The summed E-state index contributed by atoms with van der Waals surface area (Å²) in [4.78, 5) is 4.96. The van der Waals surface area contributed by atoms with Gasteiger partial charge >= 0.3 is 6.18 Å². The van der Waals surface area contributed by atoms with Gasteiger partial charge < -0.3 is 4.57 Å². The maximum atomic E-state index is 12.9. The zero-order valence-electron chi connectivity index (χ0n) is 13.7. The predicted octanol–water partition coefficient (Wildman–Crippen LogP) is 4.49. The third-order valence-electron chi connectivity index (χ3n) is 3.91. The van der Waals surface area contributed by atoms with Crippen molar-refractivity contribution in [2.24, 2.45) is 0 Å². The van der Waals surface area contributed by atoms with Crippen LogP contribution >= 0.6 is 11.6 Å². The molecule has 1 heterocycles. The van der Waals surface area contributed by atoms with E-state index in [-0.39, 0.29) is 6.54 Å². The van der Waals surface area contributed by atoms with E-state index in [4.69, 9.17) is 11.6 Å². The van der Waals surface area contributed by atoms with Crippen LogP contribution in [0.5, 0.6) is 0 Å². The Hall–Kier alpha value is -1.90. The second kappa shape index (κ2) is 7.38. The van der Waals surface area contributed by atoms with Crippen LogP contribution in [0.3, 0.4) is 0 Å². The van der Waals surface area contributed by atoms with Crippen molar-refractivity contribution in [2.75, 3.05) is 0 Å². The van der Waals surface area contributed by atoms with Gasteiger partial charge in [0.1, 0.15) is 5.82 Å². The third kappa shape index (κ3) is 3.92. The Morgan fingerprint density at radius 3 is 2.50 bits per heavy atom. The molecule has 1 aromatic heterocycles. The molecule has 1 unspecified atom stereocenters. The molecule has 1 atom stereocenters. The molecule has 0 aliphatic carbocycles. The molecule has 0 aliphatic rings. The average molecular weight is 403 g/mol. The minimum absolute atomic E-state index is 0.168. The van der Waals surface area contributed by atoms with E-state index in [1.54, 1.807) is 28.8 Å². The molecule has 0 radical (unpaired) electrons. The smallest absolute Gasteiger partial charge is 0.327 e. The molecule has 26 heavy (non-hydrogen) atoms. The predicted molar refractivity (Wildman–Crippen MR) is 96.4 cm³/mol. The molecule has 3 rings (SSSR count). The van der Waals surface area contributed by atoms with Gasteiger partial charge in [-0.15, -0.1) is 4.72 Å². The molecular weight excluding hydrogens is 387 g/mol. The van der Waals surface area contributed by atoms with Crippen molar-refractivity contribution in [3.8, 4) is 0 Å². The first-order chi connectivity index (χ1) is 12.3. The average Bonchev–Trinajstić information content (AvgIpc) is 2.96. The van der Waals surface area contributed by atoms with Crippen molar-refractivity contribution in [1.29, 1.82) is 0 Å². The lowest BCUT2D eigenvalue weighted by Gasteiger charge is -2.08. The Bertz CT molecular complexity index is 954. The molecule has 0 spiro atoms. The molecule has 0 aliphatic heterocycles. The van der Waals surface area contributed by atoms with Crippen LogP contribution in [-0.4, -0.2) is 9.55 Å². The molecule has 1 N–H and O–H groups in total. The summed E-state index contributed by atoms with van der Waals surface area (Å²) in [6.45, 7) is 2.44. The fourth-order valence-corrected chi connectivity index (χ4v) is 3.66. The summed E-state index contributed by atoms with van der Waals surface area (Å²) < 4.78 is 55.7. The molecule has 9 heteroatoms. The van der Waals surface area contributed by atoms with Gasteiger partial charge in [-0.05, 0) is 49.4 Å². The maximum absolute atomic E-state index is 12.9. The van der Waals surface area contributed by atoms with Gasteiger partial charge in [0.15, 0.2) is 15.9 Å². The van der Waals surface area contributed by atoms with Gasteiger partial charge in [-0.1, -0.05) is 15.8 Å². The number of rotatable bonds is 5. The summed E-state index contributed by atoms with van der Waals surface area (Å²) in [5, 5.41) is 0.547. The Labute approximate surface area is 155 Å². The van der Waals surface area contributed by atoms with Gasteiger partial charge in [-0.25, -0.2) is 4.98 Å². The summed E-state index contributed by atoms with van der Waals surface area (Å²) in [6, 6.07) is 10.1. The van der Waals surface area contributed by atoms with Crippen LogP contribution in [0.25, 0.3) is 11.0 Å². The number of nitrogens with zero attached hydrogens (tertiary/aromatic N) is 2. The highest BCUT2D eigenvalue weighted by Gasteiger charge is 2.31. The number of aryl methyl sites for hydroxylation is 1. The molecule has 4 nitrogen and oxygen atoms in total. The SMILES string of the molecule is CCn1c(CN[SH+](=O)c2ccc(Cl)cc2)nc2ccc(C(F)(F)F)cc21. The van der Waals surface area contributed by atoms with Gasteiger partial charge in [0.25, 0.3) is 0 Å². The number of imidazole rings is 1. The molecule has 2 aromatic carbocycles. The summed E-state index contributed by atoms with van der Waals surface area (Å²) >= 11 is 5.81.